The molecule has 2 aromatic rings. The van der Waals surface area contributed by atoms with Gasteiger partial charge in [-0.2, -0.15) is 0 Å². The van der Waals surface area contributed by atoms with Gasteiger partial charge in [-0.1, -0.05) is 29.7 Å². The molecule has 0 saturated carbocycles. The lowest BCUT2D eigenvalue weighted by molar-refractivity contribution is 0.435. The number of aromatic nitrogens is 1. The first-order chi connectivity index (χ1) is 7.65. The first-order valence-corrected chi connectivity index (χ1v) is 5.21. The molecule has 0 aliphatic rings. The fraction of sp³-hybridized carbons (Fsp3) is 0.182. The molecule has 1 heterocycles. The Morgan fingerprint density at radius 1 is 1.50 bits per heavy atom. The molecule has 0 bridgehead atoms. The van der Waals surface area contributed by atoms with Crippen molar-refractivity contribution in [3.63, 3.8) is 0 Å². The smallest absolute Gasteiger partial charge is 0.173 e. The molecular weight excluding hydrogens is 231 g/mol. The Morgan fingerprint density at radius 3 is 2.94 bits per heavy atom. The molecule has 84 valence electrons. The molecule has 3 nitrogen and oxygen atoms in total. The van der Waals surface area contributed by atoms with Gasteiger partial charge in [-0.25, -0.2) is 4.39 Å². The molecule has 0 spiro atoms. The maximum absolute atomic E-state index is 13.3. The van der Waals surface area contributed by atoms with E-state index in [0.717, 1.165) is 5.56 Å². The summed E-state index contributed by atoms with van der Waals surface area (Å²) in [6.45, 7) is 1.92. The third-order valence-electron chi connectivity index (χ3n) is 2.37. The van der Waals surface area contributed by atoms with E-state index in [0.29, 0.717) is 23.6 Å². The average Bonchev–Trinajstić information content (AvgIpc) is 2.63. The summed E-state index contributed by atoms with van der Waals surface area (Å²) in [6, 6.07) is 4.52. The van der Waals surface area contributed by atoms with Gasteiger partial charge >= 0.3 is 0 Å². The summed E-state index contributed by atoms with van der Waals surface area (Å²) in [6.07, 6.45) is 0.650. The second kappa shape index (κ2) is 4.14. The maximum atomic E-state index is 13.3. The van der Waals surface area contributed by atoms with Crippen LogP contribution in [-0.4, -0.2) is 5.16 Å². The predicted molar refractivity (Wildman–Crippen MR) is 60.7 cm³/mol. The summed E-state index contributed by atoms with van der Waals surface area (Å²) >= 11 is 5.86. The van der Waals surface area contributed by atoms with Gasteiger partial charge in [-0.15, -0.1) is 0 Å². The second-order valence-electron chi connectivity index (χ2n) is 3.33. The van der Waals surface area contributed by atoms with Crippen LogP contribution in [0.25, 0.3) is 11.3 Å². The van der Waals surface area contributed by atoms with E-state index in [1.807, 2.05) is 6.92 Å². The average molecular weight is 241 g/mol. The van der Waals surface area contributed by atoms with Crippen molar-refractivity contribution in [3.8, 4) is 11.3 Å². The number of benzene rings is 1. The molecule has 0 saturated heterocycles. The highest BCUT2D eigenvalue weighted by molar-refractivity contribution is 6.33. The molecule has 2 N–H and O–H groups in total. The Kier molecular flexibility index (Phi) is 2.83. The Hall–Kier alpha value is -1.55. The monoisotopic (exact) mass is 240 g/mol. The van der Waals surface area contributed by atoms with Crippen molar-refractivity contribution in [1.29, 1.82) is 0 Å². The van der Waals surface area contributed by atoms with Crippen LogP contribution in [-0.2, 0) is 6.42 Å². The third-order valence-corrected chi connectivity index (χ3v) is 2.75. The highest BCUT2D eigenvalue weighted by Crippen LogP contribution is 2.34. The number of halogens is 2. The number of hydrogen-bond donors (Lipinski definition) is 1. The van der Waals surface area contributed by atoms with E-state index in [9.17, 15) is 4.39 Å². The zero-order chi connectivity index (χ0) is 11.7. The van der Waals surface area contributed by atoms with Crippen LogP contribution >= 0.6 is 11.6 Å². The Bertz CT molecular complexity index is 525. The van der Waals surface area contributed by atoms with Crippen LogP contribution in [0.2, 0.25) is 5.02 Å². The number of nitrogens with two attached hydrogens (primary N) is 1. The van der Waals surface area contributed by atoms with Gasteiger partial charge in [0.15, 0.2) is 11.6 Å². The zero-order valence-corrected chi connectivity index (χ0v) is 9.38. The summed E-state index contributed by atoms with van der Waals surface area (Å²) in [4.78, 5) is 0. The van der Waals surface area contributed by atoms with Gasteiger partial charge in [0, 0.05) is 11.1 Å². The highest BCUT2D eigenvalue weighted by Gasteiger charge is 2.18. The fourth-order valence-electron chi connectivity index (χ4n) is 1.55. The molecule has 0 radical (unpaired) electrons. The maximum Gasteiger partial charge on any atom is 0.173 e. The van der Waals surface area contributed by atoms with E-state index in [1.54, 1.807) is 12.1 Å². The Morgan fingerprint density at radius 2 is 2.25 bits per heavy atom. The topological polar surface area (TPSA) is 52.0 Å². The molecule has 0 aliphatic carbocycles. The lowest BCUT2D eigenvalue weighted by Gasteiger charge is -2.02. The SMILES string of the molecule is CCc1c(N)noc1-c1cccc(F)c1Cl. The molecule has 1 aromatic carbocycles. The van der Waals surface area contributed by atoms with Gasteiger partial charge in [-0.3, -0.25) is 0 Å². The molecular formula is C11H10ClFN2O. The van der Waals surface area contributed by atoms with Crippen LogP contribution < -0.4 is 5.73 Å². The number of nitrogens with zero attached hydrogens (tertiary/aromatic N) is 1. The largest absolute Gasteiger partial charge is 0.381 e. The minimum absolute atomic E-state index is 0.0216. The number of nitrogen functional groups attached to an aromatic ring is 1. The van der Waals surface area contributed by atoms with E-state index < -0.39 is 5.82 Å². The number of rotatable bonds is 2. The quantitative estimate of drug-likeness (QED) is 0.876. The summed E-state index contributed by atoms with van der Waals surface area (Å²) in [7, 11) is 0. The fourth-order valence-corrected chi connectivity index (χ4v) is 1.77. The molecule has 2 rings (SSSR count). The van der Waals surface area contributed by atoms with Gasteiger partial charge in [0.2, 0.25) is 0 Å². The van der Waals surface area contributed by atoms with Crippen LogP contribution in [0.5, 0.6) is 0 Å². The van der Waals surface area contributed by atoms with Crippen LogP contribution in [0.3, 0.4) is 0 Å². The highest BCUT2D eigenvalue weighted by atomic mass is 35.5. The third kappa shape index (κ3) is 1.65. The summed E-state index contributed by atoms with van der Waals surface area (Å²) in [5.41, 5.74) is 6.85. The van der Waals surface area contributed by atoms with Crippen molar-refractivity contribution in [2.45, 2.75) is 13.3 Å². The van der Waals surface area contributed by atoms with Crippen molar-refractivity contribution in [2.75, 3.05) is 5.73 Å². The second-order valence-corrected chi connectivity index (χ2v) is 3.71. The molecule has 0 unspecified atom stereocenters. The van der Waals surface area contributed by atoms with Crippen molar-refractivity contribution >= 4 is 17.4 Å². The Balaban J connectivity index is 2.63. The van der Waals surface area contributed by atoms with Crippen molar-refractivity contribution in [1.82, 2.24) is 5.16 Å². The molecule has 5 heteroatoms. The number of anilines is 1. The Labute approximate surface area is 97.0 Å². The van der Waals surface area contributed by atoms with Gasteiger partial charge in [0.25, 0.3) is 0 Å². The van der Waals surface area contributed by atoms with Crippen LogP contribution in [0.1, 0.15) is 12.5 Å². The molecule has 16 heavy (non-hydrogen) atoms. The summed E-state index contributed by atoms with van der Waals surface area (Å²) < 4.78 is 18.4. The molecule has 1 aromatic heterocycles. The molecule has 0 aliphatic heterocycles. The van der Waals surface area contributed by atoms with Gasteiger partial charge in [-0.05, 0) is 18.6 Å². The first-order valence-electron chi connectivity index (χ1n) is 4.83. The normalized spacial score (nSPS) is 10.7. The van der Waals surface area contributed by atoms with E-state index >= 15 is 0 Å². The summed E-state index contributed by atoms with van der Waals surface area (Å²) in [5, 5.41) is 3.68. The van der Waals surface area contributed by atoms with E-state index in [-0.39, 0.29) is 5.02 Å². The van der Waals surface area contributed by atoms with E-state index in [4.69, 9.17) is 21.9 Å². The van der Waals surface area contributed by atoms with Crippen LogP contribution in [0.15, 0.2) is 22.7 Å². The van der Waals surface area contributed by atoms with E-state index in [2.05, 4.69) is 5.16 Å². The molecule has 0 amide bonds. The zero-order valence-electron chi connectivity index (χ0n) is 8.63. The lowest BCUT2D eigenvalue weighted by atomic mass is 10.1. The van der Waals surface area contributed by atoms with Crippen molar-refractivity contribution in [3.05, 3.63) is 34.6 Å². The first kappa shape index (κ1) is 11.0. The minimum atomic E-state index is -0.490. The van der Waals surface area contributed by atoms with Gasteiger partial charge in [0.05, 0.1) is 5.02 Å². The lowest BCUT2D eigenvalue weighted by Crippen LogP contribution is -1.91. The molecule has 0 fully saturated rings. The van der Waals surface area contributed by atoms with Crippen LogP contribution in [0, 0.1) is 5.82 Å². The number of hydrogen-bond acceptors (Lipinski definition) is 3. The van der Waals surface area contributed by atoms with Crippen LogP contribution in [0.4, 0.5) is 10.2 Å². The minimum Gasteiger partial charge on any atom is -0.381 e. The van der Waals surface area contributed by atoms with Gasteiger partial charge < -0.3 is 10.3 Å². The summed E-state index contributed by atoms with van der Waals surface area (Å²) in [5.74, 6) is 0.263. The predicted octanol–water partition coefficient (Wildman–Crippen LogP) is 3.28. The van der Waals surface area contributed by atoms with Crippen molar-refractivity contribution in [2.24, 2.45) is 0 Å². The van der Waals surface area contributed by atoms with Gasteiger partial charge in [0.1, 0.15) is 5.82 Å². The van der Waals surface area contributed by atoms with E-state index in [1.165, 1.54) is 6.07 Å². The standard InChI is InChI=1S/C11H10ClFN2O/c1-2-6-10(16-15-11(6)14)7-4-3-5-8(13)9(7)12/h3-5H,2H2,1H3,(H2,14,15). The van der Waals surface area contributed by atoms with Crippen molar-refractivity contribution < 1.29 is 8.91 Å². The molecule has 0 atom stereocenters.